The second-order valence-electron chi connectivity index (χ2n) is 7.32. The molecule has 1 N–H and O–H groups in total. The lowest BCUT2D eigenvalue weighted by Gasteiger charge is -2.23. The second-order valence-corrected chi connectivity index (χ2v) is 9.55. The molecule has 2 aromatic rings. The van der Waals surface area contributed by atoms with Crippen molar-refractivity contribution in [3.63, 3.8) is 0 Å². The molecule has 0 aromatic heterocycles. The number of carbonyl (C=O) groups is 1. The van der Waals surface area contributed by atoms with Crippen molar-refractivity contribution in [3.8, 4) is 5.75 Å². The van der Waals surface area contributed by atoms with E-state index in [9.17, 15) is 9.36 Å². The molecule has 0 amide bonds. The molecule has 6 heteroatoms. The highest BCUT2D eigenvalue weighted by Crippen LogP contribution is 2.44. The third-order valence-corrected chi connectivity index (χ3v) is 6.35. The van der Waals surface area contributed by atoms with Crippen molar-refractivity contribution in [2.75, 3.05) is 6.16 Å². The van der Waals surface area contributed by atoms with Crippen molar-refractivity contribution in [2.45, 2.75) is 46.8 Å². The van der Waals surface area contributed by atoms with E-state index in [0.29, 0.717) is 12.2 Å². The molecule has 0 heterocycles. The van der Waals surface area contributed by atoms with Crippen LogP contribution in [0.15, 0.2) is 66.2 Å². The van der Waals surface area contributed by atoms with E-state index in [-0.39, 0.29) is 12.8 Å². The highest BCUT2D eigenvalue weighted by atomic mass is 31.2. The monoisotopic (exact) mass is 415 g/mol. The maximum absolute atomic E-state index is 13.5. The van der Waals surface area contributed by atoms with Gasteiger partial charge in [-0.2, -0.15) is 0 Å². The molecule has 0 spiro atoms. The second kappa shape index (κ2) is 11.0. The normalized spacial score (nSPS) is 13.8. The Morgan fingerprint density at radius 1 is 1.10 bits per heavy atom. The van der Waals surface area contributed by atoms with E-state index in [2.05, 4.69) is 5.09 Å². The van der Waals surface area contributed by atoms with E-state index in [1.165, 1.54) is 0 Å². The topological polar surface area (TPSA) is 64.6 Å². The lowest BCUT2D eigenvalue weighted by molar-refractivity contribution is -0.146. The SMILES string of the molecule is CC(C)=CCCP(=O)(NC(C)C(=O)OCc1ccccc1)Oc1ccc(C)cc1. The molecule has 0 aliphatic rings. The van der Waals surface area contributed by atoms with Crippen LogP contribution in [0.3, 0.4) is 0 Å². The van der Waals surface area contributed by atoms with Gasteiger partial charge < -0.3 is 9.26 Å². The molecule has 29 heavy (non-hydrogen) atoms. The molecule has 0 aliphatic carbocycles. The van der Waals surface area contributed by atoms with Crippen LogP contribution in [0.5, 0.6) is 5.75 Å². The summed E-state index contributed by atoms with van der Waals surface area (Å²) >= 11 is 0. The maximum Gasteiger partial charge on any atom is 0.323 e. The quantitative estimate of drug-likeness (QED) is 0.309. The summed E-state index contributed by atoms with van der Waals surface area (Å²) in [5.41, 5.74) is 3.13. The lowest BCUT2D eigenvalue weighted by atomic mass is 10.2. The summed E-state index contributed by atoms with van der Waals surface area (Å²) in [7, 11) is -3.31. The molecule has 0 aliphatic heterocycles. The summed E-state index contributed by atoms with van der Waals surface area (Å²) in [4.78, 5) is 12.4. The first kappa shape index (κ1) is 22.9. The number of ether oxygens (including phenoxy) is 1. The Balaban J connectivity index is 2.04. The number of allylic oxidation sites excluding steroid dienone is 2. The molecular weight excluding hydrogens is 385 g/mol. The smallest absolute Gasteiger partial charge is 0.323 e. The van der Waals surface area contributed by atoms with Crippen LogP contribution >= 0.6 is 7.52 Å². The minimum atomic E-state index is -3.31. The van der Waals surface area contributed by atoms with Crippen molar-refractivity contribution in [2.24, 2.45) is 0 Å². The number of nitrogens with one attached hydrogen (secondary N) is 1. The molecule has 156 valence electrons. The first-order chi connectivity index (χ1) is 13.8. The Morgan fingerprint density at radius 2 is 1.76 bits per heavy atom. The van der Waals surface area contributed by atoms with E-state index in [4.69, 9.17) is 9.26 Å². The Labute approximate surface area is 173 Å². The Bertz CT molecular complexity index is 858. The zero-order chi connectivity index (χ0) is 21.3. The van der Waals surface area contributed by atoms with Gasteiger partial charge in [0.15, 0.2) is 0 Å². The fourth-order valence-corrected chi connectivity index (χ4v) is 4.53. The number of hydrogen-bond donors (Lipinski definition) is 1. The Morgan fingerprint density at radius 3 is 2.38 bits per heavy atom. The Hall–Kier alpha value is -2.36. The van der Waals surface area contributed by atoms with Gasteiger partial charge in [0.1, 0.15) is 18.4 Å². The molecule has 5 nitrogen and oxygen atoms in total. The first-order valence-electron chi connectivity index (χ1n) is 9.74. The number of esters is 1. The van der Waals surface area contributed by atoms with Crippen molar-refractivity contribution >= 4 is 13.5 Å². The number of aryl methyl sites for hydroxylation is 1. The molecule has 0 bridgehead atoms. The van der Waals surface area contributed by atoms with Gasteiger partial charge in [0.2, 0.25) is 0 Å². The van der Waals surface area contributed by atoms with Crippen molar-refractivity contribution in [1.82, 2.24) is 5.09 Å². The summed E-state index contributed by atoms with van der Waals surface area (Å²) < 4.78 is 24.7. The Kier molecular flexibility index (Phi) is 8.69. The number of hydrogen-bond acceptors (Lipinski definition) is 4. The zero-order valence-corrected chi connectivity index (χ0v) is 18.4. The molecule has 2 unspecified atom stereocenters. The van der Waals surface area contributed by atoms with E-state index < -0.39 is 19.5 Å². The van der Waals surface area contributed by atoms with Gasteiger partial charge in [0.25, 0.3) is 0 Å². The van der Waals surface area contributed by atoms with E-state index >= 15 is 0 Å². The molecule has 2 aromatic carbocycles. The van der Waals surface area contributed by atoms with Crippen LogP contribution in [0.1, 0.15) is 38.3 Å². The summed E-state index contributed by atoms with van der Waals surface area (Å²) in [5.74, 6) is 0.0392. The van der Waals surface area contributed by atoms with Crippen LogP contribution in [0.4, 0.5) is 0 Å². The van der Waals surface area contributed by atoms with Gasteiger partial charge in [-0.25, -0.2) is 5.09 Å². The predicted octanol–water partition coefficient (Wildman–Crippen LogP) is 5.64. The lowest BCUT2D eigenvalue weighted by Crippen LogP contribution is -2.35. The molecule has 2 rings (SSSR count). The van der Waals surface area contributed by atoms with Gasteiger partial charge in [0.05, 0.1) is 6.16 Å². The van der Waals surface area contributed by atoms with Crippen LogP contribution in [-0.4, -0.2) is 18.2 Å². The number of rotatable bonds is 10. The summed E-state index contributed by atoms with van der Waals surface area (Å²) in [5, 5.41) is 2.90. The highest BCUT2D eigenvalue weighted by Gasteiger charge is 2.29. The maximum atomic E-state index is 13.5. The van der Waals surface area contributed by atoms with Gasteiger partial charge in [0, 0.05) is 0 Å². The van der Waals surface area contributed by atoms with Gasteiger partial charge in [-0.15, -0.1) is 0 Å². The molecule has 2 atom stereocenters. The zero-order valence-electron chi connectivity index (χ0n) is 17.6. The predicted molar refractivity (Wildman–Crippen MR) is 117 cm³/mol. The summed E-state index contributed by atoms with van der Waals surface area (Å²) in [6.07, 6.45) is 2.87. The fourth-order valence-electron chi connectivity index (χ4n) is 2.63. The third kappa shape index (κ3) is 8.26. The minimum Gasteiger partial charge on any atom is -0.460 e. The van der Waals surface area contributed by atoms with Crippen LogP contribution < -0.4 is 9.61 Å². The van der Waals surface area contributed by atoms with Crippen LogP contribution in [0.25, 0.3) is 0 Å². The van der Waals surface area contributed by atoms with Gasteiger partial charge >= 0.3 is 13.5 Å². The van der Waals surface area contributed by atoms with Gasteiger partial charge in [-0.1, -0.05) is 59.7 Å². The summed E-state index contributed by atoms with van der Waals surface area (Å²) in [6, 6.07) is 16.0. The molecule has 0 saturated heterocycles. The standard InChI is InChI=1S/C23H30NO4P/c1-18(2)9-8-16-29(26,28-22-14-12-19(3)13-15-22)24-20(4)23(25)27-17-21-10-6-5-7-11-21/h5-7,9-15,20H,8,16-17H2,1-4H3,(H,24,26). The fraction of sp³-hybridized carbons (Fsp3) is 0.348. The van der Waals surface area contributed by atoms with Crippen molar-refractivity contribution < 1.29 is 18.6 Å². The number of benzene rings is 2. The minimum absolute atomic E-state index is 0.173. The van der Waals surface area contributed by atoms with E-state index in [1.807, 2.05) is 69.3 Å². The molecule has 0 fully saturated rings. The van der Waals surface area contributed by atoms with Gasteiger partial charge in [-0.05, 0) is 51.8 Å². The van der Waals surface area contributed by atoms with Crippen LogP contribution in [0, 0.1) is 6.92 Å². The van der Waals surface area contributed by atoms with E-state index in [1.54, 1.807) is 19.1 Å². The average molecular weight is 415 g/mol. The van der Waals surface area contributed by atoms with Gasteiger partial charge in [-0.3, -0.25) is 9.36 Å². The van der Waals surface area contributed by atoms with Crippen molar-refractivity contribution in [1.29, 1.82) is 0 Å². The van der Waals surface area contributed by atoms with Crippen molar-refractivity contribution in [3.05, 3.63) is 77.4 Å². The first-order valence-corrected chi connectivity index (χ1v) is 11.6. The van der Waals surface area contributed by atoms with E-state index in [0.717, 1.165) is 16.7 Å². The molecular formula is C23H30NO4P. The molecule has 0 saturated carbocycles. The largest absolute Gasteiger partial charge is 0.460 e. The van der Waals surface area contributed by atoms with Crippen LogP contribution in [-0.2, 0) is 20.7 Å². The average Bonchev–Trinajstić information content (AvgIpc) is 2.68. The highest BCUT2D eigenvalue weighted by molar-refractivity contribution is 7.57. The summed E-state index contributed by atoms with van der Waals surface area (Å²) in [6.45, 7) is 7.76. The van der Waals surface area contributed by atoms with Crippen LogP contribution in [0.2, 0.25) is 0 Å². The number of carbonyl (C=O) groups excluding carboxylic acids is 1. The molecule has 0 radical (unpaired) electrons. The third-order valence-electron chi connectivity index (χ3n) is 4.22.